The van der Waals surface area contributed by atoms with Gasteiger partial charge in [0.05, 0.1) is 6.20 Å². The average Bonchev–Trinajstić information content (AvgIpc) is 2.65. The van der Waals surface area contributed by atoms with Crippen LogP contribution in [0.25, 0.3) is 0 Å². The largest absolute Gasteiger partial charge is 0.338 e. The third-order valence-electron chi connectivity index (χ3n) is 2.69. The minimum absolute atomic E-state index is 0.0783. The Bertz CT molecular complexity index is 347. The SMILES string of the molecule is CCNC(=O)NC1CCc2cn[nH]c2C1. The molecule has 1 unspecified atom stereocenters. The molecule has 3 N–H and O–H groups in total. The van der Waals surface area contributed by atoms with Gasteiger partial charge in [0, 0.05) is 24.7 Å². The lowest BCUT2D eigenvalue weighted by Gasteiger charge is -2.22. The van der Waals surface area contributed by atoms with Gasteiger partial charge in [0.2, 0.25) is 0 Å². The molecule has 0 saturated carbocycles. The van der Waals surface area contributed by atoms with Crippen LogP contribution in [0.2, 0.25) is 0 Å². The van der Waals surface area contributed by atoms with E-state index in [1.807, 2.05) is 13.1 Å². The molecule has 0 aliphatic heterocycles. The van der Waals surface area contributed by atoms with Crippen LogP contribution in [-0.2, 0) is 12.8 Å². The van der Waals surface area contributed by atoms with Crippen molar-refractivity contribution in [3.8, 4) is 0 Å². The molecule has 0 saturated heterocycles. The number of aryl methyl sites for hydroxylation is 1. The zero-order valence-electron chi connectivity index (χ0n) is 8.84. The van der Waals surface area contributed by atoms with Crippen LogP contribution < -0.4 is 10.6 Å². The maximum atomic E-state index is 11.3. The minimum Gasteiger partial charge on any atom is -0.338 e. The van der Waals surface area contributed by atoms with Gasteiger partial charge in [-0.3, -0.25) is 5.10 Å². The number of fused-ring (bicyclic) bond motifs is 1. The quantitative estimate of drug-likeness (QED) is 0.665. The molecule has 2 rings (SSSR count). The highest BCUT2D eigenvalue weighted by atomic mass is 16.2. The van der Waals surface area contributed by atoms with Crippen LogP contribution in [0.4, 0.5) is 4.79 Å². The number of carbonyl (C=O) groups excluding carboxylic acids is 1. The number of hydrogen-bond acceptors (Lipinski definition) is 2. The van der Waals surface area contributed by atoms with E-state index in [0.29, 0.717) is 6.54 Å². The maximum absolute atomic E-state index is 11.3. The summed E-state index contributed by atoms with van der Waals surface area (Å²) in [6.45, 7) is 2.57. The third-order valence-corrected chi connectivity index (χ3v) is 2.69. The molecule has 0 bridgehead atoms. The summed E-state index contributed by atoms with van der Waals surface area (Å²) >= 11 is 0. The molecule has 1 aliphatic carbocycles. The van der Waals surface area contributed by atoms with Crippen LogP contribution in [0, 0.1) is 0 Å². The highest BCUT2D eigenvalue weighted by molar-refractivity contribution is 5.74. The number of urea groups is 1. The summed E-state index contributed by atoms with van der Waals surface area (Å²) in [4.78, 5) is 11.3. The first-order valence-electron chi connectivity index (χ1n) is 5.35. The monoisotopic (exact) mass is 208 g/mol. The number of nitrogens with zero attached hydrogens (tertiary/aromatic N) is 1. The van der Waals surface area contributed by atoms with Gasteiger partial charge in [0.15, 0.2) is 0 Å². The average molecular weight is 208 g/mol. The van der Waals surface area contributed by atoms with Crippen molar-refractivity contribution >= 4 is 6.03 Å². The molecule has 2 amide bonds. The molecule has 0 radical (unpaired) electrons. The van der Waals surface area contributed by atoms with Crippen LogP contribution in [-0.4, -0.2) is 28.8 Å². The number of aromatic nitrogens is 2. The van der Waals surface area contributed by atoms with Crippen molar-refractivity contribution in [3.05, 3.63) is 17.5 Å². The Morgan fingerprint density at radius 3 is 3.40 bits per heavy atom. The van der Waals surface area contributed by atoms with E-state index in [0.717, 1.165) is 25.0 Å². The normalized spacial score (nSPS) is 19.4. The van der Waals surface area contributed by atoms with Gasteiger partial charge in [-0.05, 0) is 25.3 Å². The molecule has 15 heavy (non-hydrogen) atoms. The van der Waals surface area contributed by atoms with Gasteiger partial charge in [-0.25, -0.2) is 4.79 Å². The van der Waals surface area contributed by atoms with Gasteiger partial charge in [-0.1, -0.05) is 0 Å². The van der Waals surface area contributed by atoms with Crippen molar-refractivity contribution in [2.45, 2.75) is 32.2 Å². The Morgan fingerprint density at radius 2 is 2.60 bits per heavy atom. The summed E-state index contributed by atoms with van der Waals surface area (Å²) in [5, 5.41) is 12.7. The van der Waals surface area contributed by atoms with E-state index in [1.165, 1.54) is 5.56 Å². The zero-order valence-corrected chi connectivity index (χ0v) is 8.84. The van der Waals surface area contributed by atoms with E-state index in [9.17, 15) is 4.79 Å². The van der Waals surface area contributed by atoms with Crippen LogP contribution in [0.3, 0.4) is 0 Å². The molecular weight excluding hydrogens is 192 g/mol. The van der Waals surface area contributed by atoms with E-state index in [4.69, 9.17) is 0 Å². The zero-order chi connectivity index (χ0) is 10.7. The molecule has 1 aromatic heterocycles. The summed E-state index contributed by atoms with van der Waals surface area (Å²) < 4.78 is 0. The molecule has 1 heterocycles. The van der Waals surface area contributed by atoms with Crippen molar-refractivity contribution in [3.63, 3.8) is 0 Å². The van der Waals surface area contributed by atoms with E-state index in [-0.39, 0.29) is 12.1 Å². The van der Waals surface area contributed by atoms with Gasteiger partial charge in [0.1, 0.15) is 0 Å². The summed E-state index contributed by atoms with van der Waals surface area (Å²) in [5.41, 5.74) is 2.44. The van der Waals surface area contributed by atoms with Crippen molar-refractivity contribution in [2.75, 3.05) is 6.54 Å². The second kappa shape index (κ2) is 4.33. The molecule has 5 heteroatoms. The summed E-state index contributed by atoms with van der Waals surface area (Å²) in [7, 11) is 0. The fraction of sp³-hybridized carbons (Fsp3) is 0.600. The lowest BCUT2D eigenvalue weighted by atomic mass is 9.94. The minimum atomic E-state index is -0.0783. The van der Waals surface area contributed by atoms with Crippen molar-refractivity contribution in [1.82, 2.24) is 20.8 Å². The van der Waals surface area contributed by atoms with Gasteiger partial charge in [-0.15, -0.1) is 0 Å². The Hall–Kier alpha value is -1.52. The summed E-state index contributed by atoms with van der Waals surface area (Å²) in [6.07, 6.45) is 4.71. The molecule has 0 fully saturated rings. The number of aromatic amines is 1. The maximum Gasteiger partial charge on any atom is 0.315 e. The predicted octanol–water partition coefficient (Wildman–Crippen LogP) is 0.586. The first-order valence-corrected chi connectivity index (χ1v) is 5.35. The number of carbonyl (C=O) groups is 1. The van der Waals surface area contributed by atoms with Crippen LogP contribution in [0.15, 0.2) is 6.20 Å². The highest BCUT2D eigenvalue weighted by Crippen LogP contribution is 2.18. The summed E-state index contributed by atoms with van der Waals surface area (Å²) in [5.74, 6) is 0. The standard InChI is InChI=1S/C10H16N4O/c1-2-11-10(15)13-8-4-3-7-6-12-14-9(7)5-8/h6,8H,2-5H2,1H3,(H,12,14)(H2,11,13,15). The second-order valence-corrected chi connectivity index (χ2v) is 3.82. The van der Waals surface area contributed by atoms with E-state index in [2.05, 4.69) is 20.8 Å². The van der Waals surface area contributed by atoms with Gasteiger partial charge < -0.3 is 10.6 Å². The lowest BCUT2D eigenvalue weighted by molar-refractivity contribution is 0.236. The van der Waals surface area contributed by atoms with Gasteiger partial charge in [-0.2, -0.15) is 5.10 Å². The topological polar surface area (TPSA) is 69.8 Å². The molecule has 1 aliphatic rings. The molecule has 0 aromatic carbocycles. The van der Waals surface area contributed by atoms with E-state index < -0.39 is 0 Å². The smallest absolute Gasteiger partial charge is 0.315 e. The molecule has 82 valence electrons. The van der Waals surface area contributed by atoms with Crippen molar-refractivity contribution < 1.29 is 4.79 Å². The number of nitrogens with one attached hydrogen (secondary N) is 3. The van der Waals surface area contributed by atoms with E-state index >= 15 is 0 Å². The number of amides is 2. The van der Waals surface area contributed by atoms with Gasteiger partial charge in [0.25, 0.3) is 0 Å². The first-order chi connectivity index (χ1) is 7.29. The molecule has 5 nitrogen and oxygen atoms in total. The summed E-state index contributed by atoms with van der Waals surface area (Å²) in [6, 6.07) is 0.148. The third kappa shape index (κ3) is 2.29. The van der Waals surface area contributed by atoms with Crippen molar-refractivity contribution in [2.24, 2.45) is 0 Å². The number of H-pyrrole nitrogens is 1. The van der Waals surface area contributed by atoms with Gasteiger partial charge >= 0.3 is 6.03 Å². The molecule has 0 spiro atoms. The highest BCUT2D eigenvalue weighted by Gasteiger charge is 2.20. The number of hydrogen-bond donors (Lipinski definition) is 3. The molecule has 1 atom stereocenters. The fourth-order valence-corrected chi connectivity index (χ4v) is 1.93. The Morgan fingerprint density at radius 1 is 1.73 bits per heavy atom. The van der Waals surface area contributed by atoms with Crippen LogP contribution in [0.5, 0.6) is 0 Å². The Kier molecular flexibility index (Phi) is 2.89. The van der Waals surface area contributed by atoms with E-state index in [1.54, 1.807) is 0 Å². The molecular formula is C10H16N4O. The number of rotatable bonds is 2. The predicted molar refractivity (Wildman–Crippen MR) is 56.6 cm³/mol. The van der Waals surface area contributed by atoms with Crippen molar-refractivity contribution in [1.29, 1.82) is 0 Å². The van der Waals surface area contributed by atoms with Crippen LogP contribution in [0.1, 0.15) is 24.6 Å². The molecule has 1 aromatic rings. The second-order valence-electron chi connectivity index (χ2n) is 3.82. The Labute approximate surface area is 88.6 Å². The first kappa shape index (κ1) is 10.0. The van der Waals surface area contributed by atoms with Crippen LogP contribution >= 0.6 is 0 Å². The fourth-order valence-electron chi connectivity index (χ4n) is 1.93. The lowest BCUT2D eigenvalue weighted by Crippen LogP contribution is -2.44. The Balaban J connectivity index is 1.90.